The number of likely N-dealkylation sites (N-methyl/N-ethyl adjacent to an activating group) is 1. The second kappa shape index (κ2) is 9.71. The molecule has 1 saturated heterocycles. The van der Waals surface area contributed by atoms with E-state index >= 15 is 0 Å². The molecule has 1 amide bonds. The second-order valence-electron chi connectivity index (χ2n) is 6.83. The first-order valence-electron chi connectivity index (χ1n) is 9.74. The van der Waals surface area contributed by atoms with Gasteiger partial charge in [0, 0.05) is 6.54 Å². The van der Waals surface area contributed by atoms with Crippen molar-refractivity contribution in [3.8, 4) is 17.2 Å². The molecule has 0 atom stereocenters. The molecule has 6 nitrogen and oxygen atoms in total. The highest BCUT2D eigenvalue weighted by molar-refractivity contribution is 8.18. The van der Waals surface area contributed by atoms with Crippen molar-refractivity contribution in [3.63, 3.8) is 0 Å². The number of hydrogen-bond acceptors (Lipinski definition) is 6. The van der Waals surface area contributed by atoms with Crippen LogP contribution < -0.4 is 14.2 Å². The maximum atomic E-state index is 12.9. The molecule has 0 aromatic heterocycles. The van der Waals surface area contributed by atoms with Crippen molar-refractivity contribution in [3.05, 3.63) is 52.9 Å². The van der Waals surface area contributed by atoms with Crippen LogP contribution in [0.5, 0.6) is 17.2 Å². The van der Waals surface area contributed by atoms with Gasteiger partial charge in [-0.05, 0) is 80.6 Å². The number of carbonyl (C=O) groups is 1. The highest BCUT2D eigenvalue weighted by Gasteiger charge is 2.32. The van der Waals surface area contributed by atoms with E-state index in [4.69, 9.17) is 14.2 Å². The van der Waals surface area contributed by atoms with Gasteiger partial charge < -0.3 is 14.2 Å². The Morgan fingerprint density at radius 3 is 2.40 bits per heavy atom. The number of aliphatic imine (C=N–C) groups is 1. The predicted octanol–water partition coefficient (Wildman–Crippen LogP) is 5.11. The number of carbonyl (C=O) groups excluding carboxylic acids is 1. The summed E-state index contributed by atoms with van der Waals surface area (Å²) >= 11 is 1.36. The van der Waals surface area contributed by atoms with Crippen molar-refractivity contribution >= 4 is 34.6 Å². The zero-order valence-electron chi connectivity index (χ0n) is 17.8. The number of ether oxygens (including phenoxy) is 3. The Kier molecular flexibility index (Phi) is 7.05. The number of hydrogen-bond donors (Lipinski definition) is 0. The first-order chi connectivity index (χ1) is 14.4. The maximum absolute atomic E-state index is 12.9. The molecule has 158 valence electrons. The molecule has 7 heteroatoms. The molecule has 0 saturated carbocycles. The smallest absolute Gasteiger partial charge is 0.266 e. The highest BCUT2D eigenvalue weighted by Crippen LogP contribution is 2.36. The summed E-state index contributed by atoms with van der Waals surface area (Å²) in [4.78, 5) is 19.8. The van der Waals surface area contributed by atoms with Gasteiger partial charge in [0.05, 0.1) is 30.9 Å². The number of nitrogens with zero attached hydrogens (tertiary/aromatic N) is 2. The number of amidine groups is 1. The summed E-state index contributed by atoms with van der Waals surface area (Å²) in [6.45, 7) is 6.41. The number of amides is 1. The molecule has 30 heavy (non-hydrogen) atoms. The third-order valence-electron chi connectivity index (χ3n) is 4.35. The summed E-state index contributed by atoms with van der Waals surface area (Å²) in [6, 6.07) is 13.1. The van der Waals surface area contributed by atoms with Crippen LogP contribution in [0.25, 0.3) is 6.08 Å². The van der Waals surface area contributed by atoms with Crippen molar-refractivity contribution in [2.24, 2.45) is 4.99 Å². The Hall–Kier alpha value is -2.93. The first-order valence-corrected chi connectivity index (χ1v) is 10.6. The third-order valence-corrected chi connectivity index (χ3v) is 5.36. The van der Waals surface area contributed by atoms with Gasteiger partial charge in [-0.1, -0.05) is 6.07 Å². The lowest BCUT2D eigenvalue weighted by molar-refractivity contribution is -0.122. The topological polar surface area (TPSA) is 60.4 Å². The van der Waals surface area contributed by atoms with Crippen molar-refractivity contribution in [1.29, 1.82) is 0 Å². The molecule has 1 fully saturated rings. The normalized spacial score (nSPS) is 16.6. The van der Waals surface area contributed by atoms with Crippen LogP contribution in [0.2, 0.25) is 0 Å². The molecule has 0 unspecified atom stereocenters. The van der Waals surface area contributed by atoms with Crippen LogP contribution in [0.4, 0.5) is 5.69 Å². The summed E-state index contributed by atoms with van der Waals surface area (Å²) < 4.78 is 16.4. The largest absolute Gasteiger partial charge is 0.497 e. The van der Waals surface area contributed by atoms with E-state index in [1.807, 2.05) is 69.3 Å². The SMILES string of the molecule is CCN1C(=O)/C(=C\c2ccc(OC(C)C)c(OC)c2)SC1=Nc1ccc(OC)cc1. The third kappa shape index (κ3) is 4.97. The summed E-state index contributed by atoms with van der Waals surface area (Å²) in [5.41, 5.74) is 1.63. The van der Waals surface area contributed by atoms with E-state index in [1.165, 1.54) is 11.8 Å². The molecule has 0 spiro atoms. The minimum atomic E-state index is -0.0590. The lowest BCUT2D eigenvalue weighted by Crippen LogP contribution is -2.28. The predicted molar refractivity (Wildman–Crippen MR) is 122 cm³/mol. The van der Waals surface area contributed by atoms with Crippen LogP contribution in [0.1, 0.15) is 26.3 Å². The number of benzene rings is 2. The summed E-state index contributed by atoms with van der Waals surface area (Å²) in [7, 11) is 3.23. The monoisotopic (exact) mass is 426 g/mol. The summed E-state index contributed by atoms with van der Waals surface area (Å²) in [5, 5.41) is 0.658. The molecule has 0 aliphatic carbocycles. The van der Waals surface area contributed by atoms with E-state index in [0.29, 0.717) is 28.1 Å². The minimum absolute atomic E-state index is 0.0462. The van der Waals surface area contributed by atoms with E-state index in [2.05, 4.69) is 4.99 Å². The molecule has 2 aromatic rings. The van der Waals surface area contributed by atoms with Crippen LogP contribution in [0.15, 0.2) is 52.4 Å². The lowest BCUT2D eigenvalue weighted by Gasteiger charge is -2.14. The molecule has 1 aliphatic heterocycles. The maximum Gasteiger partial charge on any atom is 0.266 e. The van der Waals surface area contributed by atoms with Crippen LogP contribution in [0, 0.1) is 0 Å². The Bertz CT molecular complexity index is 968. The van der Waals surface area contributed by atoms with E-state index in [0.717, 1.165) is 17.0 Å². The van der Waals surface area contributed by atoms with Crippen molar-refractivity contribution in [1.82, 2.24) is 4.90 Å². The average molecular weight is 427 g/mol. The van der Waals surface area contributed by atoms with Gasteiger partial charge in [-0.25, -0.2) is 4.99 Å². The zero-order chi connectivity index (χ0) is 21.7. The molecular weight excluding hydrogens is 400 g/mol. The molecule has 3 rings (SSSR count). The van der Waals surface area contributed by atoms with Crippen molar-refractivity contribution in [2.75, 3.05) is 20.8 Å². The fraction of sp³-hybridized carbons (Fsp3) is 0.304. The van der Waals surface area contributed by atoms with Crippen molar-refractivity contribution < 1.29 is 19.0 Å². The van der Waals surface area contributed by atoms with Gasteiger partial charge in [-0.15, -0.1) is 0 Å². The van der Waals surface area contributed by atoms with Crippen LogP contribution in [0.3, 0.4) is 0 Å². The number of rotatable bonds is 7. The Morgan fingerprint density at radius 1 is 1.07 bits per heavy atom. The van der Waals surface area contributed by atoms with Gasteiger partial charge in [0.2, 0.25) is 0 Å². The first kappa shape index (κ1) is 21.8. The summed E-state index contributed by atoms with van der Waals surface area (Å²) in [6.07, 6.45) is 1.90. The standard InChI is InChI=1S/C23H26N2O4S/c1-6-25-22(26)21(30-23(25)24-17-8-10-18(27-4)11-9-17)14-16-7-12-19(29-15(2)3)20(13-16)28-5/h7-15H,6H2,1-5H3/b21-14+,24-23?. The van der Waals surface area contributed by atoms with Gasteiger partial charge in [0.1, 0.15) is 5.75 Å². The van der Waals surface area contributed by atoms with E-state index < -0.39 is 0 Å². The Labute approximate surface area is 181 Å². The number of methoxy groups -OCH3 is 2. The second-order valence-corrected chi connectivity index (χ2v) is 7.84. The molecule has 1 heterocycles. The molecule has 0 N–H and O–H groups in total. The molecular formula is C23H26N2O4S. The summed E-state index contributed by atoms with van der Waals surface area (Å²) in [5.74, 6) is 2.02. The van der Waals surface area contributed by atoms with Crippen LogP contribution in [-0.2, 0) is 4.79 Å². The van der Waals surface area contributed by atoms with Crippen LogP contribution in [-0.4, -0.2) is 42.8 Å². The van der Waals surface area contributed by atoms with Gasteiger partial charge in [-0.3, -0.25) is 9.69 Å². The Balaban J connectivity index is 1.88. The van der Waals surface area contributed by atoms with Crippen molar-refractivity contribution in [2.45, 2.75) is 26.9 Å². The average Bonchev–Trinajstić information content (AvgIpc) is 3.03. The number of thioether (sulfide) groups is 1. The quantitative estimate of drug-likeness (QED) is 0.576. The van der Waals surface area contributed by atoms with Gasteiger partial charge in [0.25, 0.3) is 5.91 Å². The fourth-order valence-electron chi connectivity index (χ4n) is 2.91. The lowest BCUT2D eigenvalue weighted by atomic mass is 10.2. The minimum Gasteiger partial charge on any atom is -0.497 e. The van der Waals surface area contributed by atoms with Gasteiger partial charge in [-0.2, -0.15) is 0 Å². The molecule has 0 radical (unpaired) electrons. The molecule has 1 aliphatic rings. The Morgan fingerprint density at radius 2 is 1.80 bits per heavy atom. The van der Waals surface area contributed by atoms with E-state index in [9.17, 15) is 4.79 Å². The van der Waals surface area contributed by atoms with Gasteiger partial charge >= 0.3 is 0 Å². The van der Waals surface area contributed by atoms with E-state index in [-0.39, 0.29) is 12.0 Å². The van der Waals surface area contributed by atoms with Gasteiger partial charge in [0.15, 0.2) is 16.7 Å². The molecule has 0 bridgehead atoms. The van der Waals surface area contributed by atoms with E-state index in [1.54, 1.807) is 19.1 Å². The van der Waals surface area contributed by atoms with Crippen LogP contribution >= 0.6 is 11.8 Å². The fourth-order valence-corrected chi connectivity index (χ4v) is 3.98. The highest BCUT2D eigenvalue weighted by atomic mass is 32.2. The molecule has 2 aromatic carbocycles. The zero-order valence-corrected chi connectivity index (χ0v) is 18.7.